The topological polar surface area (TPSA) is 27.3 Å². The van der Waals surface area contributed by atoms with E-state index < -0.39 is 0 Å². The summed E-state index contributed by atoms with van der Waals surface area (Å²) in [7, 11) is 3.69. The Labute approximate surface area is 78.7 Å². The van der Waals surface area contributed by atoms with Gasteiger partial charge in [-0.1, -0.05) is 0 Å². The van der Waals surface area contributed by atoms with Gasteiger partial charge in [-0.15, -0.1) is 0 Å². The second-order valence-corrected chi connectivity index (χ2v) is 2.96. The third-order valence-electron chi connectivity index (χ3n) is 2.06. The molecule has 0 amide bonds. The van der Waals surface area contributed by atoms with Crippen LogP contribution in [0.3, 0.4) is 0 Å². The lowest BCUT2D eigenvalue weighted by molar-refractivity contribution is -0.677. The summed E-state index contributed by atoms with van der Waals surface area (Å²) in [5.41, 5.74) is 0. The second kappa shape index (κ2) is 4.99. The molecule has 1 aromatic heterocycles. The summed E-state index contributed by atoms with van der Waals surface area (Å²) in [6.45, 7) is 3.93. The number of methoxy groups -OCH3 is 1. The molecule has 0 N–H and O–H groups in total. The van der Waals surface area contributed by atoms with Crippen LogP contribution in [0.5, 0.6) is 0 Å². The van der Waals surface area contributed by atoms with Crippen LogP contribution < -0.4 is 4.57 Å². The molecule has 0 aliphatic carbocycles. The fraction of sp³-hybridized carbons (Fsp3) is 0.667. The number of ether oxygens (including phenoxy) is 2. The van der Waals surface area contributed by atoms with Gasteiger partial charge >= 0.3 is 0 Å². The zero-order valence-electron chi connectivity index (χ0n) is 8.49. The molecule has 4 heteroatoms. The zero-order valence-corrected chi connectivity index (χ0v) is 8.49. The van der Waals surface area contributed by atoms with E-state index in [1.807, 2.05) is 19.4 Å². The summed E-state index contributed by atoms with van der Waals surface area (Å²) < 4.78 is 14.4. The predicted octanol–water partition coefficient (Wildman–Crippen LogP) is 0.242. The highest BCUT2D eigenvalue weighted by atomic mass is 16.5. The Morgan fingerprint density at radius 2 is 2.23 bits per heavy atom. The molecule has 0 aliphatic heterocycles. The summed E-state index contributed by atoms with van der Waals surface area (Å²) in [6, 6.07) is 0. The molecule has 0 bridgehead atoms. The molecule has 1 rings (SSSR count). The summed E-state index contributed by atoms with van der Waals surface area (Å²) in [5.74, 6) is 1.18. The van der Waals surface area contributed by atoms with Crippen LogP contribution in [0.15, 0.2) is 12.4 Å². The van der Waals surface area contributed by atoms with Crippen LogP contribution in [0, 0.1) is 6.92 Å². The molecule has 0 spiro atoms. The van der Waals surface area contributed by atoms with E-state index in [-0.39, 0.29) is 0 Å². The zero-order chi connectivity index (χ0) is 9.68. The molecule has 1 heterocycles. The Morgan fingerprint density at radius 1 is 1.46 bits per heavy atom. The van der Waals surface area contributed by atoms with Gasteiger partial charge in [0.1, 0.15) is 12.4 Å². The minimum atomic E-state index is 0.593. The van der Waals surface area contributed by atoms with Crippen molar-refractivity contribution in [2.45, 2.75) is 13.7 Å². The highest BCUT2D eigenvalue weighted by Gasteiger charge is 2.07. The number of hydrogen-bond donors (Lipinski definition) is 0. The summed E-state index contributed by atoms with van der Waals surface area (Å²) in [6.07, 6.45) is 4.01. The number of hydrogen-bond acceptors (Lipinski definition) is 2. The number of imidazole rings is 1. The van der Waals surface area contributed by atoms with E-state index in [0.29, 0.717) is 19.9 Å². The molecule has 0 saturated heterocycles. The molecule has 0 atom stereocenters. The Morgan fingerprint density at radius 3 is 2.77 bits per heavy atom. The lowest BCUT2D eigenvalue weighted by Gasteiger charge is -2.01. The van der Waals surface area contributed by atoms with Gasteiger partial charge in [0.15, 0.2) is 6.73 Å². The Balaban J connectivity index is 2.32. The molecular weight excluding hydrogens is 168 g/mol. The standard InChI is InChI=1S/C9H17N2O2/c1-9-10(2)4-5-11(9)8-13-7-6-12-3/h4-5H,6-8H2,1-3H3/q+1. The van der Waals surface area contributed by atoms with Crippen molar-refractivity contribution in [1.82, 2.24) is 4.57 Å². The number of rotatable bonds is 5. The lowest BCUT2D eigenvalue weighted by Crippen LogP contribution is -2.29. The van der Waals surface area contributed by atoms with Crippen molar-refractivity contribution in [1.29, 1.82) is 0 Å². The first kappa shape index (κ1) is 10.2. The summed E-state index contributed by atoms with van der Waals surface area (Å²) in [4.78, 5) is 0. The highest BCUT2D eigenvalue weighted by molar-refractivity contribution is 4.77. The molecule has 0 unspecified atom stereocenters. The first-order valence-corrected chi connectivity index (χ1v) is 4.33. The minimum absolute atomic E-state index is 0.593. The van der Waals surface area contributed by atoms with Gasteiger partial charge in [-0.25, -0.2) is 9.13 Å². The summed E-state index contributed by atoms with van der Waals surface area (Å²) >= 11 is 0. The van der Waals surface area contributed by atoms with Crippen molar-refractivity contribution in [3.05, 3.63) is 18.2 Å². The van der Waals surface area contributed by atoms with Crippen LogP contribution in [0.4, 0.5) is 0 Å². The Kier molecular flexibility index (Phi) is 3.92. The van der Waals surface area contributed by atoms with Gasteiger partial charge in [0, 0.05) is 14.0 Å². The Hall–Kier alpha value is -0.870. The smallest absolute Gasteiger partial charge is 0.254 e. The van der Waals surface area contributed by atoms with Crippen molar-refractivity contribution >= 4 is 0 Å². The van der Waals surface area contributed by atoms with Crippen molar-refractivity contribution in [2.24, 2.45) is 7.05 Å². The average molecular weight is 185 g/mol. The highest BCUT2D eigenvalue weighted by Crippen LogP contribution is 1.92. The predicted molar refractivity (Wildman–Crippen MR) is 48.2 cm³/mol. The molecule has 13 heavy (non-hydrogen) atoms. The van der Waals surface area contributed by atoms with Gasteiger partial charge in [0.2, 0.25) is 0 Å². The van der Waals surface area contributed by atoms with Crippen molar-refractivity contribution in [2.75, 3.05) is 20.3 Å². The molecule has 0 fully saturated rings. The third kappa shape index (κ3) is 2.82. The van der Waals surface area contributed by atoms with Gasteiger partial charge in [0.25, 0.3) is 5.82 Å². The van der Waals surface area contributed by atoms with E-state index >= 15 is 0 Å². The van der Waals surface area contributed by atoms with E-state index in [4.69, 9.17) is 9.47 Å². The minimum Gasteiger partial charge on any atom is -0.382 e. The molecular formula is C9H17N2O2+. The van der Waals surface area contributed by atoms with E-state index in [9.17, 15) is 0 Å². The molecule has 1 aromatic rings. The van der Waals surface area contributed by atoms with E-state index in [0.717, 1.165) is 0 Å². The fourth-order valence-electron chi connectivity index (χ4n) is 1.04. The Bertz CT molecular complexity index is 258. The van der Waals surface area contributed by atoms with Crippen molar-refractivity contribution in [3.8, 4) is 0 Å². The van der Waals surface area contributed by atoms with E-state index in [1.165, 1.54) is 5.82 Å². The van der Waals surface area contributed by atoms with E-state index in [2.05, 4.69) is 16.1 Å². The largest absolute Gasteiger partial charge is 0.382 e. The monoisotopic (exact) mass is 185 g/mol. The SMILES string of the molecule is COCCOCn1cc[n+](C)c1C. The maximum absolute atomic E-state index is 5.38. The van der Waals surface area contributed by atoms with Gasteiger partial charge in [-0.2, -0.15) is 0 Å². The molecule has 4 nitrogen and oxygen atoms in total. The van der Waals surface area contributed by atoms with Crippen molar-refractivity contribution < 1.29 is 14.0 Å². The van der Waals surface area contributed by atoms with Crippen LogP contribution in [0.1, 0.15) is 5.82 Å². The van der Waals surface area contributed by atoms with Gasteiger partial charge in [-0.3, -0.25) is 0 Å². The number of nitrogens with zero attached hydrogens (tertiary/aromatic N) is 2. The van der Waals surface area contributed by atoms with Crippen LogP contribution in [0.25, 0.3) is 0 Å². The molecule has 0 aromatic carbocycles. The average Bonchev–Trinajstić information content (AvgIpc) is 2.43. The van der Waals surface area contributed by atoms with Gasteiger partial charge < -0.3 is 9.47 Å². The van der Waals surface area contributed by atoms with Crippen LogP contribution >= 0.6 is 0 Å². The van der Waals surface area contributed by atoms with Gasteiger partial charge in [-0.05, 0) is 0 Å². The molecule has 0 radical (unpaired) electrons. The molecule has 0 saturated carbocycles. The van der Waals surface area contributed by atoms with Crippen LogP contribution in [-0.2, 0) is 23.3 Å². The van der Waals surface area contributed by atoms with Gasteiger partial charge in [0.05, 0.1) is 20.3 Å². The summed E-state index contributed by atoms with van der Waals surface area (Å²) in [5, 5.41) is 0. The third-order valence-corrected chi connectivity index (χ3v) is 2.06. The van der Waals surface area contributed by atoms with Crippen LogP contribution in [-0.4, -0.2) is 24.9 Å². The first-order valence-electron chi connectivity index (χ1n) is 4.33. The normalized spacial score (nSPS) is 10.7. The quantitative estimate of drug-likeness (QED) is 0.485. The first-order chi connectivity index (χ1) is 6.25. The van der Waals surface area contributed by atoms with Crippen LogP contribution in [0.2, 0.25) is 0 Å². The van der Waals surface area contributed by atoms with Crippen molar-refractivity contribution in [3.63, 3.8) is 0 Å². The lowest BCUT2D eigenvalue weighted by atomic mass is 10.7. The number of aryl methyl sites for hydroxylation is 1. The molecule has 74 valence electrons. The number of aromatic nitrogens is 2. The second-order valence-electron chi connectivity index (χ2n) is 2.96. The maximum atomic E-state index is 5.38. The fourth-order valence-corrected chi connectivity index (χ4v) is 1.04. The molecule has 0 aliphatic rings. The van der Waals surface area contributed by atoms with E-state index in [1.54, 1.807) is 7.11 Å². The maximum Gasteiger partial charge on any atom is 0.254 e.